The summed E-state index contributed by atoms with van der Waals surface area (Å²) in [5.74, 6) is 1.45. The van der Waals surface area contributed by atoms with Crippen molar-refractivity contribution >= 4 is 21.6 Å². The van der Waals surface area contributed by atoms with Crippen LogP contribution < -0.4 is 9.47 Å². The molecule has 104 valence electrons. The summed E-state index contributed by atoms with van der Waals surface area (Å²) in [6, 6.07) is 13.5. The Morgan fingerprint density at radius 3 is 2.38 bits per heavy atom. The van der Waals surface area contributed by atoms with Gasteiger partial charge in [-0.25, -0.2) is 4.98 Å². The van der Waals surface area contributed by atoms with Gasteiger partial charge in [-0.2, -0.15) is 5.26 Å². The molecular weight excluding hydrogens is 284 g/mol. The number of thiazole rings is 1. The average molecular weight is 296 g/mol. The van der Waals surface area contributed by atoms with Crippen LogP contribution in [-0.4, -0.2) is 19.2 Å². The predicted octanol–water partition coefficient (Wildman–Crippen LogP) is 3.85. The monoisotopic (exact) mass is 296 g/mol. The van der Waals surface area contributed by atoms with Crippen LogP contribution in [-0.2, 0) is 0 Å². The minimum absolute atomic E-state index is 0.585. The summed E-state index contributed by atoms with van der Waals surface area (Å²) in [6.45, 7) is 0. The molecule has 1 aromatic heterocycles. The normalized spacial score (nSPS) is 10.3. The highest BCUT2D eigenvalue weighted by molar-refractivity contribution is 7.21. The molecule has 0 N–H and O–H groups in total. The van der Waals surface area contributed by atoms with Crippen molar-refractivity contribution in [2.45, 2.75) is 0 Å². The second-order valence-electron chi connectivity index (χ2n) is 4.38. The van der Waals surface area contributed by atoms with E-state index < -0.39 is 0 Å². The number of methoxy groups -OCH3 is 2. The average Bonchev–Trinajstić information content (AvgIpc) is 2.97. The molecule has 0 aliphatic carbocycles. The number of nitriles is 1. The summed E-state index contributed by atoms with van der Waals surface area (Å²) < 4.78 is 11.2. The maximum atomic E-state index is 9.26. The molecule has 0 atom stereocenters. The van der Waals surface area contributed by atoms with Crippen molar-refractivity contribution in [2.75, 3.05) is 14.2 Å². The zero-order valence-electron chi connectivity index (χ0n) is 11.6. The van der Waals surface area contributed by atoms with Gasteiger partial charge < -0.3 is 9.47 Å². The number of benzene rings is 2. The van der Waals surface area contributed by atoms with Crippen LogP contribution in [0, 0.1) is 11.3 Å². The lowest BCUT2D eigenvalue weighted by Crippen LogP contribution is -1.84. The zero-order chi connectivity index (χ0) is 14.8. The molecule has 0 unspecified atom stereocenters. The van der Waals surface area contributed by atoms with Crippen LogP contribution in [0.5, 0.6) is 11.5 Å². The van der Waals surface area contributed by atoms with E-state index in [1.807, 2.05) is 30.3 Å². The van der Waals surface area contributed by atoms with Crippen molar-refractivity contribution in [1.29, 1.82) is 5.26 Å². The van der Waals surface area contributed by atoms with Gasteiger partial charge in [0, 0.05) is 11.6 Å². The molecule has 0 fully saturated rings. The highest BCUT2D eigenvalue weighted by atomic mass is 32.1. The second-order valence-corrected chi connectivity index (χ2v) is 5.38. The summed E-state index contributed by atoms with van der Waals surface area (Å²) in [5.41, 5.74) is 2.36. The third-order valence-corrected chi connectivity index (χ3v) is 4.31. The first kappa shape index (κ1) is 13.4. The van der Waals surface area contributed by atoms with E-state index in [1.54, 1.807) is 20.3 Å². The smallest absolute Gasteiger partial charge is 0.124 e. The Morgan fingerprint density at radius 1 is 1.05 bits per heavy atom. The molecule has 4 nitrogen and oxygen atoms in total. The van der Waals surface area contributed by atoms with Gasteiger partial charge in [-0.1, -0.05) is 0 Å². The molecule has 0 saturated carbocycles. The molecule has 0 radical (unpaired) electrons. The third-order valence-electron chi connectivity index (χ3n) is 3.16. The molecule has 5 heteroatoms. The molecule has 0 saturated heterocycles. The molecule has 3 aromatic rings. The maximum absolute atomic E-state index is 9.26. The third kappa shape index (κ3) is 2.41. The molecule has 1 heterocycles. The molecule has 0 amide bonds. The van der Waals surface area contributed by atoms with Crippen molar-refractivity contribution in [1.82, 2.24) is 4.98 Å². The van der Waals surface area contributed by atoms with Crippen LogP contribution in [0.2, 0.25) is 0 Å². The van der Waals surface area contributed by atoms with Crippen molar-refractivity contribution in [3.05, 3.63) is 42.0 Å². The van der Waals surface area contributed by atoms with E-state index in [2.05, 4.69) is 11.1 Å². The van der Waals surface area contributed by atoms with Crippen molar-refractivity contribution in [3.63, 3.8) is 0 Å². The first-order valence-electron chi connectivity index (χ1n) is 6.28. The van der Waals surface area contributed by atoms with E-state index >= 15 is 0 Å². The Morgan fingerprint density at radius 2 is 1.76 bits per heavy atom. The molecule has 0 aliphatic rings. The standard InChI is InChI=1S/C16H12N2O2S/c1-19-12-5-3-10(4-6-12)16-18-14-8-13(20-2)7-11(9-17)15(14)21-16/h3-8H,1-2H3. The van der Waals surface area contributed by atoms with Gasteiger partial charge in [-0.3, -0.25) is 0 Å². The van der Waals surface area contributed by atoms with Gasteiger partial charge in [0.25, 0.3) is 0 Å². The first-order chi connectivity index (χ1) is 10.2. The lowest BCUT2D eigenvalue weighted by Gasteiger charge is -1.99. The van der Waals surface area contributed by atoms with Crippen LogP contribution in [0.25, 0.3) is 20.8 Å². The highest BCUT2D eigenvalue weighted by Crippen LogP contribution is 2.35. The Bertz CT molecular complexity index is 832. The summed E-state index contributed by atoms with van der Waals surface area (Å²) in [6.07, 6.45) is 0. The fourth-order valence-corrected chi connectivity index (χ4v) is 3.08. The van der Waals surface area contributed by atoms with Crippen molar-refractivity contribution in [2.24, 2.45) is 0 Å². The molecule has 0 spiro atoms. The number of ether oxygens (including phenoxy) is 2. The van der Waals surface area contributed by atoms with Crippen molar-refractivity contribution in [3.8, 4) is 28.1 Å². The van der Waals surface area contributed by atoms with Gasteiger partial charge in [0.1, 0.15) is 22.6 Å². The Hall–Kier alpha value is -2.58. The van der Waals surface area contributed by atoms with Gasteiger partial charge in [-0.15, -0.1) is 11.3 Å². The number of fused-ring (bicyclic) bond motifs is 1. The van der Waals surface area contributed by atoms with Crippen LogP contribution in [0.1, 0.15) is 5.56 Å². The van der Waals surface area contributed by atoms with Gasteiger partial charge in [-0.05, 0) is 30.3 Å². The van der Waals surface area contributed by atoms with Gasteiger partial charge in [0.2, 0.25) is 0 Å². The minimum atomic E-state index is 0.585. The molecule has 21 heavy (non-hydrogen) atoms. The summed E-state index contributed by atoms with van der Waals surface area (Å²) in [7, 11) is 3.22. The lowest BCUT2D eigenvalue weighted by molar-refractivity contribution is 0.415. The number of nitrogens with zero attached hydrogens (tertiary/aromatic N) is 2. The van der Waals surface area contributed by atoms with Crippen LogP contribution in [0.3, 0.4) is 0 Å². The molecule has 3 rings (SSSR count). The quantitative estimate of drug-likeness (QED) is 0.736. The zero-order valence-corrected chi connectivity index (χ0v) is 12.4. The van der Waals surface area contributed by atoms with E-state index in [1.165, 1.54) is 11.3 Å². The highest BCUT2D eigenvalue weighted by Gasteiger charge is 2.12. The lowest BCUT2D eigenvalue weighted by atomic mass is 10.2. The number of hydrogen-bond donors (Lipinski definition) is 0. The number of rotatable bonds is 3. The molecule has 0 aliphatic heterocycles. The summed E-state index contributed by atoms with van der Waals surface area (Å²) in [4.78, 5) is 4.60. The SMILES string of the molecule is COc1ccc(-c2nc3cc(OC)cc(C#N)c3s2)cc1. The van der Waals surface area contributed by atoms with E-state index in [0.29, 0.717) is 11.3 Å². The fraction of sp³-hybridized carbons (Fsp3) is 0.125. The van der Waals surface area contributed by atoms with Gasteiger partial charge >= 0.3 is 0 Å². The van der Waals surface area contributed by atoms with E-state index in [4.69, 9.17) is 9.47 Å². The van der Waals surface area contributed by atoms with Crippen LogP contribution in [0.15, 0.2) is 36.4 Å². The number of hydrogen-bond acceptors (Lipinski definition) is 5. The van der Waals surface area contributed by atoms with E-state index in [9.17, 15) is 5.26 Å². The molecular formula is C16H12N2O2S. The largest absolute Gasteiger partial charge is 0.497 e. The van der Waals surface area contributed by atoms with E-state index in [0.717, 1.165) is 26.5 Å². The molecule has 0 bridgehead atoms. The second kappa shape index (κ2) is 5.43. The topological polar surface area (TPSA) is 55.1 Å². The van der Waals surface area contributed by atoms with Crippen LogP contribution in [0.4, 0.5) is 0 Å². The predicted molar refractivity (Wildman–Crippen MR) is 82.9 cm³/mol. The Kier molecular flexibility index (Phi) is 3.46. The van der Waals surface area contributed by atoms with Crippen LogP contribution >= 0.6 is 11.3 Å². The minimum Gasteiger partial charge on any atom is -0.497 e. The molecule has 2 aromatic carbocycles. The fourth-order valence-electron chi connectivity index (χ4n) is 2.06. The Balaban J connectivity index is 2.14. The Labute approximate surface area is 126 Å². The number of aromatic nitrogens is 1. The summed E-state index contributed by atoms with van der Waals surface area (Å²) >= 11 is 1.50. The van der Waals surface area contributed by atoms with Crippen molar-refractivity contribution < 1.29 is 9.47 Å². The summed E-state index contributed by atoms with van der Waals surface area (Å²) in [5, 5.41) is 10.1. The van der Waals surface area contributed by atoms with Gasteiger partial charge in [0.05, 0.1) is 30.0 Å². The van der Waals surface area contributed by atoms with E-state index in [-0.39, 0.29) is 0 Å². The first-order valence-corrected chi connectivity index (χ1v) is 7.10. The van der Waals surface area contributed by atoms with Gasteiger partial charge in [0.15, 0.2) is 0 Å². The maximum Gasteiger partial charge on any atom is 0.124 e.